The zero-order chi connectivity index (χ0) is 21.5. The molecule has 2 atom stereocenters. The third-order valence-electron chi connectivity index (χ3n) is 5.56. The van der Waals surface area contributed by atoms with E-state index < -0.39 is 0 Å². The average molecular weight is 540 g/mol. The van der Waals surface area contributed by atoms with Gasteiger partial charge in [-0.2, -0.15) is 0 Å². The molecule has 1 aromatic carbocycles. The minimum Gasteiger partial charge on any atom is -0.376 e. The van der Waals surface area contributed by atoms with Crippen molar-refractivity contribution in [1.29, 1.82) is 0 Å². The van der Waals surface area contributed by atoms with E-state index in [1.165, 1.54) is 11.1 Å². The smallest absolute Gasteiger partial charge is 0.192 e. The summed E-state index contributed by atoms with van der Waals surface area (Å²) in [6.07, 6.45) is 3.58. The van der Waals surface area contributed by atoms with Crippen LogP contribution in [0.4, 0.5) is 0 Å². The number of aromatic nitrogens is 3. The van der Waals surface area contributed by atoms with Crippen molar-refractivity contribution in [3.63, 3.8) is 0 Å². The topological polar surface area (TPSA) is 76.4 Å². The van der Waals surface area contributed by atoms with E-state index in [4.69, 9.17) is 9.73 Å². The second-order valence-corrected chi connectivity index (χ2v) is 8.61. The first kappa shape index (κ1) is 25.6. The zero-order valence-corrected chi connectivity index (χ0v) is 21.7. The Morgan fingerprint density at radius 2 is 1.97 bits per heavy atom. The van der Waals surface area contributed by atoms with Crippen LogP contribution in [0.5, 0.6) is 0 Å². The van der Waals surface area contributed by atoms with Crippen LogP contribution in [0.3, 0.4) is 0 Å². The summed E-state index contributed by atoms with van der Waals surface area (Å²) >= 11 is 0. The Hall–Kier alpha value is -1.68. The fourth-order valence-corrected chi connectivity index (χ4v) is 3.61. The summed E-state index contributed by atoms with van der Waals surface area (Å²) in [5.41, 5.74) is 2.62. The SMILES string of the molecule is Cc1nnc(CN=C(NCC2CCCO2)NC(C)c2ccc(CC(C)C)cc2)n1C.I. The highest BCUT2D eigenvalue weighted by Crippen LogP contribution is 2.16. The van der Waals surface area contributed by atoms with Gasteiger partial charge in [0.15, 0.2) is 11.8 Å². The Morgan fingerprint density at radius 3 is 2.55 bits per heavy atom. The maximum Gasteiger partial charge on any atom is 0.192 e. The first-order valence-corrected chi connectivity index (χ1v) is 11.0. The van der Waals surface area contributed by atoms with Crippen LogP contribution in [-0.4, -0.2) is 40.0 Å². The standard InChI is InChI=1S/C23H36N6O.HI/c1-16(2)13-19-8-10-20(11-9-19)17(3)26-23(24-14-21-7-6-12-30-21)25-15-22-28-27-18(4)29(22)5;/h8-11,16-17,21H,6-7,12-15H2,1-5H3,(H2,24,25,26);1H. The molecule has 0 amide bonds. The number of nitrogens with zero attached hydrogens (tertiary/aromatic N) is 4. The lowest BCUT2D eigenvalue weighted by Crippen LogP contribution is -2.42. The van der Waals surface area contributed by atoms with Crippen LogP contribution in [0.2, 0.25) is 0 Å². The van der Waals surface area contributed by atoms with Crippen LogP contribution in [0, 0.1) is 12.8 Å². The molecule has 2 unspecified atom stereocenters. The van der Waals surface area contributed by atoms with Gasteiger partial charge in [-0.3, -0.25) is 0 Å². The van der Waals surface area contributed by atoms with Crippen LogP contribution in [-0.2, 0) is 24.8 Å². The predicted octanol–water partition coefficient (Wildman–Crippen LogP) is 3.92. The minimum absolute atomic E-state index is 0. The number of hydrogen-bond acceptors (Lipinski definition) is 4. The van der Waals surface area contributed by atoms with Gasteiger partial charge in [-0.15, -0.1) is 34.2 Å². The summed E-state index contributed by atoms with van der Waals surface area (Å²) in [5, 5.41) is 15.3. The molecule has 1 fully saturated rings. The molecular formula is C23H37IN6O. The van der Waals surface area contributed by atoms with Crippen molar-refractivity contribution in [2.75, 3.05) is 13.2 Å². The molecule has 2 heterocycles. The van der Waals surface area contributed by atoms with Crippen LogP contribution in [0.25, 0.3) is 0 Å². The number of benzene rings is 1. The maximum atomic E-state index is 5.75. The van der Waals surface area contributed by atoms with E-state index >= 15 is 0 Å². The van der Waals surface area contributed by atoms with E-state index in [1.54, 1.807) is 0 Å². The van der Waals surface area contributed by atoms with Crippen molar-refractivity contribution < 1.29 is 4.74 Å². The van der Waals surface area contributed by atoms with Gasteiger partial charge in [-0.1, -0.05) is 38.1 Å². The number of aliphatic imine (C=N–C) groups is 1. The van der Waals surface area contributed by atoms with Gasteiger partial charge < -0.3 is 19.9 Å². The van der Waals surface area contributed by atoms with Crippen LogP contribution >= 0.6 is 24.0 Å². The molecule has 1 aliphatic rings. The summed E-state index contributed by atoms with van der Waals surface area (Å²) in [4.78, 5) is 4.77. The third-order valence-corrected chi connectivity index (χ3v) is 5.56. The van der Waals surface area contributed by atoms with Crippen LogP contribution in [0.15, 0.2) is 29.3 Å². The molecule has 7 nitrogen and oxygen atoms in total. The number of nitrogens with one attached hydrogen (secondary N) is 2. The highest BCUT2D eigenvalue weighted by atomic mass is 127. The predicted molar refractivity (Wildman–Crippen MR) is 136 cm³/mol. The van der Waals surface area contributed by atoms with E-state index in [0.29, 0.717) is 12.5 Å². The fourth-order valence-electron chi connectivity index (χ4n) is 3.61. The van der Waals surface area contributed by atoms with Crippen molar-refractivity contribution in [2.45, 2.75) is 65.6 Å². The molecule has 172 valence electrons. The molecule has 2 aromatic rings. The Labute approximate surface area is 203 Å². The molecular weight excluding hydrogens is 503 g/mol. The highest BCUT2D eigenvalue weighted by Gasteiger charge is 2.17. The Bertz CT molecular complexity index is 827. The van der Waals surface area contributed by atoms with E-state index in [0.717, 1.165) is 50.0 Å². The van der Waals surface area contributed by atoms with Gasteiger partial charge >= 0.3 is 0 Å². The van der Waals surface area contributed by atoms with Gasteiger partial charge in [-0.05, 0) is 50.2 Å². The van der Waals surface area contributed by atoms with Crippen LogP contribution in [0.1, 0.15) is 62.4 Å². The molecule has 0 saturated carbocycles. The summed E-state index contributed by atoms with van der Waals surface area (Å²) in [7, 11) is 1.97. The van der Waals surface area contributed by atoms with Gasteiger partial charge in [0.05, 0.1) is 12.1 Å². The van der Waals surface area contributed by atoms with E-state index in [9.17, 15) is 0 Å². The first-order chi connectivity index (χ1) is 14.4. The largest absolute Gasteiger partial charge is 0.376 e. The molecule has 0 bridgehead atoms. The number of halogens is 1. The van der Waals surface area contributed by atoms with E-state index in [-0.39, 0.29) is 36.1 Å². The second-order valence-electron chi connectivity index (χ2n) is 8.61. The summed E-state index contributed by atoms with van der Waals surface area (Å²) < 4.78 is 7.72. The van der Waals surface area contributed by atoms with Crippen molar-refractivity contribution in [2.24, 2.45) is 18.0 Å². The van der Waals surface area contributed by atoms with Gasteiger partial charge in [0.25, 0.3) is 0 Å². The lowest BCUT2D eigenvalue weighted by atomic mass is 10.00. The molecule has 8 heteroatoms. The maximum absolute atomic E-state index is 5.75. The summed E-state index contributed by atoms with van der Waals surface area (Å²) in [6.45, 7) is 10.7. The molecule has 0 spiro atoms. The number of rotatable bonds is 8. The molecule has 0 radical (unpaired) electrons. The lowest BCUT2D eigenvalue weighted by Gasteiger charge is -2.20. The number of ether oxygens (including phenoxy) is 1. The van der Waals surface area contributed by atoms with Gasteiger partial charge in [-0.25, -0.2) is 4.99 Å². The van der Waals surface area contributed by atoms with E-state index in [2.05, 4.69) is 65.9 Å². The number of hydrogen-bond donors (Lipinski definition) is 2. The zero-order valence-electron chi connectivity index (χ0n) is 19.4. The van der Waals surface area contributed by atoms with Gasteiger partial charge in [0.2, 0.25) is 0 Å². The molecule has 1 aliphatic heterocycles. The molecule has 1 aromatic heterocycles. The number of aryl methyl sites for hydroxylation is 1. The fraction of sp³-hybridized carbons (Fsp3) is 0.609. The highest BCUT2D eigenvalue weighted by molar-refractivity contribution is 14.0. The third kappa shape index (κ3) is 7.75. The van der Waals surface area contributed by atoms with E-state index in [1.807, 2.05) is 18.5 Å². The molecule has 3 rings (SSSR count). The van der Waals surface area contributed by atoms with Crippen molar-refractivity contribution in [1.82, 2.24) is 25.4 Å². The second kappa shape index (κ2) is 12.4. The normalized spacial score (nSPS) is 17.5. The molecule has 2 N–H and O–H groups in total. The molecule has 0 aliphatic carbocycles. The Kier molecular flexibility index (Phi) is 10.2. The lowest BCUT2D eigenvalue weighted by molar-refractivity contribution is 0.113. The van der Waals surface area contributed by atoms with Crippen molar-refractivity contribution >= 4 is 29.9 Å². The minimum atomic E-state index is 0. The van der Waals surface area contributed by atoms with Gasteiger partial charge in [0, 0.05) is 20.2 Å². The Balaban J connectivity index is 0.00000341. The van der Waals surface area contributed by atoms with Crippen LogP contribution < -0.4 is 10.6 Å². The summed E-state index contributed by atoms with van der Waals surface area (Å²) in [5.74, 6) is 3.16. The quantitative estimate of drug-likeness (QED) is 0.302. The monoisotopic (exact) mass is 540 g/mol. The van der Waals surface area contributed by atoms with Crippen molar-refractivity contribution in [3.05, 3.63) is 47.0 Å². The van der Waals surface area contributed by atoms with Gasteiger partial charge in [0.1, 0.15) is 12.4 Å². The number of guanidine groups is 1. The first-order valence-electron chi connectivity index (χ1n) is 11.0. The Morgan fingerprint density at radius 1 is 1.23 bits per heavy atom. The molecule has 1 saturated heterocycles. The average Bonchev–Trinajstić information content (AvgIpc) is 3.35. The van der Waals surface area contributed by atoms with Crippen molar-refractivity contribution in [3.8, 4) is 0 Å². The molecule has 31 heavy (non-hydrogen) atoms. The summed E-state index contributed by atoms with van der Waals surface area (Å²) in [6, 6.07) is 9.01.